The zero-order chi connectivity index (χ0) is 17.7. The van der Waals surface area contributed by atoms with E-state index in [4.69, 9.17) is 12.2 Å². The molecule has 5 nitrogen and oxygen atoms in total. The van der Waals surface area contributed by atoms with Crippen molar-refractivity contribution < 1.29 is 4.92 Å². The van der Waals surface area contributed by atoms with Gasteiger partial charge in [-0.1, -0.05) is 37.3 Å². The third kappa shape index (κ3) is 4.08. The third-order valence-corrected chi connectivity index (χ3v) is 4.49. The zero-order valence-corrected chi connectivity index (χ0v) is 14.8. The lowest BCUT2D eigenvalue weighted by atomic mass is 10.1. The molecule has 0 aliphatic rings. The van der Waals surface area contributed by atoms with Crippen LogP contribution in [0, 0.1) is 10.1 Å². The van der Waals surface area contributed by atoms with Crippen LogP contribution in [-0.2, 0) is 6.42 Å². The van der Waals surface area contributed by atoms with Crippen molar-refractivity contribution in [2.75, 3.05) is 12.4 Å². The number of nitrogens with one attached hydrogen (secondary N) is 1. The van der Waals surface area contributed by atoms with Crippen LogP contribution in [0.2, 0.25) is 0 Å². The SMILES string of the molecule is CCc1ccccc1NC(=S)N(C)[C@@H](C)c1cccc([N+](=O)[O-])c1. The van der Waals surface area contributed by atoms with Gasteiger partial charge < -0.3 is 10.2 Å². The van der Waals surface area contributed by atoms with E-state index in [2.05, 4.69) is 18.3 Å². The second-order valence-corrected chi connectivity index (χ2v) is 5.97. The van der Waals surface area contributed by atoms with Crippen LogP contribution in [-0.4, -0.2) is 22.0 Å². The standard InChI is InChI=1S/C18H21N3O2S/c1-4-14-8-5-6-11-17(14)19-18(24)20(3)13(2)15-9-7-10-16(12-15)21(22)23/h5-13H,4H2,1-3H3,(H,19,24)/t13-/m0/s1. The molecule has 2 aromatic carbocycles. The molecule has 0 bridgehead atoms. The minimum absolute atomic E-state index is 0.0845. The van der Waals surface area contributed by atoms with E-state index in [1.165, 1.54) is 11.6 Å². The first-order valence-electron chi connectivity index (χ1n) is 7.80. The maximum Gasteiger partial charge on any atom is 0.269 e. The van der Waals surface area contributed by atoms with Crippen LogP contribution in [0.1, 0.15) is 31.0 Å². The highest BCUT2D eigenvalue weighted by Crippen LogP contribution is 2.24. The lowest BCUT2D eigenvalue weighted by molar-refractivity contribution is -0.384. The lowest BCUT2D eigenvalue weighted by Crippen LogP contribution is -2.33. The summed E-state index contributed by atoms with van der Waals surface area (Å²) < 4.78 is 0. The Labute approximate surface area is 147 Å². The number of non-ortho nitro benzene ring substituents is 1. The quantitative estimate of drug-likeness (QED) is 0.490. The van der Waals surface area contributed by atoms with Gasteiger partial charge in [-0.15, -0.1) is 0 Å². The Morgan fingerprint density at radius 1 is 1.29 bits per heavy atom. The van der Waals surface area contributed by atoms with Gasteiger partial charge >= 0.3 is 0 Å². The third-order valence-electron chi connectivity index (χ3n) is 4.10. The topological polar surface area (TPSA) is 58.4 Å². The fourth-order valence-electron chi connectivity index (χ4n) is 2.45. The molecule has 0 aliphatic heterocycles. The molecular formula is C18H21N3O2S. The van der Waals surface area contributed by atoms with Crippen LogP contribution in [0.25, 0.3) is 0 Å². The number of hydrogen-bond acceptors (Lipinski definition) is 3. The number of nitrogens with zero attached hydrogens (tertiary/aromatic N) is 2. The average molecular weight is 343 g/mol. The van der Waals surface area contributed by atoms with Crippen molar-refractivity contribution in [2.45, 2.75) is 26.3 Å². The fourth-order valence-corrected chi connectivity index (χ4v) is 2.72. The van der Waals surface area contributed by atoms with Crippen LogP contribution < -0.4 is 5.32 Å². The highest BCUT2D eigenvalue weighted by atomic mass is 32.1. The number of nitro benzene ring substituents is 1. The molecule has 1 N–H and O–H groups in total. The molecule has 0 heterocycles. The maximum atomic E-state index is 10.9. The summed E-state index contributed by atoms with van der Waals surface area (Å²) in [7, 11) is 1.88. The van der Waals surface area contributed by atoms with Crippen molar-refractivity contribution >= 4 is 28.7 Å². The summed E-state index contributed by atoms with van der Waals surface area (Å²) in [4.78, 5) is 12.5. The summed E-state index contributed by atoms with van der Waals surface area (Å²) >= 11 is 5.51. The normalized spacial score (nSPS) is 11.6. The number of aryl methyl sites for hydroxylation is 1. The Balaban J connectivity index is 2.15. The second kappa shape index (κ2) is 7.88. The summed E-state index contributed by atoms with van der Waals surface area (Å²) in [5.74, 6) is 0. The Morgan fingerprint density at radius 2 is 2.00 bits per heavy atom. The Morgan fingerprint density at radius 3 is 2.67 bits per heavy atom. The first kappa shape index (κ1) is 17.9. The molecule has 0 unspecified atom stereocenters. The van der Waals surface area contributed by atoms with Gasteiger partial charge in [-0.05, 0) is 42.8 Å². The van der Waals surface area contributed by atoms with Crippen LogP contribution in [0.3, 0.4) is 0 Å². The Kier molecular flexibility index (Phi) is 5.87. The molecule has 0 saturated heterocycles. The van der Waals surface area contributed by atoms with Gasteiger partial charge in [0.1, 0.15) is 0 Å². The number of anilines is 1. The van der Waals surface area contributed by atoms with Crippen LogP contribution in [0.5, 0.6) is 0 Å². The van der Waals surface area contributed by atoms with Gasteiger partial charge in [0, 0.05) is 24.9 Å². The number of hydrogen-bond donors (Lipinski definition) is 1. The van der Waals surface area contributed by atoms with Gasteiger partial charge in [0.05, 0.1) is 11.0 Å². The molecule has 24 heavy (non-hydrogen) atoms. The molecule has 0 spiro atoms. The van der Waals surface area contributed by atoms with Crippen LogP contribution in [0.15, 0.2) is 48.5 Å². The van der Waals surface area contributed by atoms with Crippen molar-refractivity contribution in [3.05, 3.63) is 69.8 Å². The highest BCUT2D eigenvalue weighted by molar-refractivity contribution is 7.80. The van der Waals surface area contributed by atoms with Crippen molar-refractivity contribution in [3.8, 4) is 0 Å². The number of benzene rings is 2. The smallest absolute Gasteiger partial charge is 0.269 e. The van der Waals surface area contributed by atoms with Gasteiger partial charge in [0.25, 0.3) is 5.69 Å². The predicted octanol–water partition coefficient (Wildman–Crippen LogP) is 4.55. The van der Waals surface area contributed by atoms with Gasteiger partial charge in [-0.3, -0.25) is 10.1 Å². The van der Waals surface area contributed by atoms with E-state index in [0.29, 0.717) is 5.11 Å². The molecule has 0 aromatic heterocycles. The fraction of sp³-hybridized carbons (Fsp3) is 0.278. The summed E-state index contributed by atoms with van der Waals surface area (Å²) in [6.45, 7) is 4.07. The first-order chi connectivity index (χ1) is 11.4. The zero-order valence-electron chi connectivity index (χ0n) is 14.0. The number of rotatable bonds is 5. The van der Waals surface area contributed by atoms with E-state index >= 15 is 0 Å². The van der Waals surface area contributed by atoms with Gasteiger partial charge in [-0.2, -0.15) is 0 Å². The largest absolute Gasteiger partial charge is 0.345 e. The maximum absolute atomic E-state index is 10.9. The molecule has 0 amide bonds. The minimum Gasteiger partial charge on any atom is -0.345 e. The molecule has 0 radical (unpaired) electrons. The highest BCUT2D eigenvalue weighted by Gasteiger charge is 2.17. The van der Waals surface area contributed by atoms with Crippen molar-refractivity contribution in [2.24, 2.45) is 0 Å². The average Bonchev–Trinajstić information content (AvgIpc) is 2.60. The Bertz CT molecular complexity index is 749. The number of thiocarbonyl (C=S) groups is 1. The molecule has 2 rings (SSSR count). The van der Waals surface area contributed by atoms with Crippen LogP contribution in [0.4, 0.5) is 11.4 Å². The minimum atomic E-state index is -0.385. The van der Waals surface area contributed by atoms with E-state index in [9.17, 15) is 10.1 Å². The second-order valence-electron chi connectivity index (χ2n) is 5.58. The molecule has 0 saturated carbocycles. The molecule has 2 aromatic rings. The van der Waals surface area contributed by atoms with E-state index in [1.807, 2.05) is 43.1 Å². The molecule has 126 valence electrons. The summed E-state index contributed by atoms with van der Waals surface area (Å²) in [6.07, 6.45) is 0.913. The first-order valence-corrected chi connectivity index (χ1v) is 8.21. The van der Waals surface area contributed by atoms with Crippen LogP contribution >= 0.6 is 12.2 Å². The summed E-state index contributed by atoms with van der Waals surface area (Å²) in [5.41, 5.74) is 3.11. The van der Waals surface area contributed by atoms with E-state index in [0.717, 1.165) is 17.7 Å². The molecule has 1 atom stereocenters. The van der Waals surface area contributed by atoms with Crippen molar-refractivity contribution in [1.29, 1.82) is 0 Å². The number of para-hydroxylation sites is 1. The summed E-state index contributed by atoms with van der Waals surface area (Å²) in [5, 5.41) is 14.8. The predicted molar refractivity (Wildman–Crippen MR) is 101 cm³/mol. The molecule has 0 aliphatic carbocycles. The van der Waals surface area contributed by atoms with Gasteiger partial charge in [-0.25, -0.2) is 0 Å². The lowest BCUT2D eigenvalue weighted by Gasteiger charge is -2.28. The molecular weight excluding hydrogens is 322 g/mol. The van der Waals surface area contributed by atoms with Crippen molar-refractivity contribution in [1.82, 2.24) is 4.90 Å². The van der Waals surface area contributed by atoms with E-state index in [-0.39, 0.29) is 16.7 Å². The monoisotopic (exact) mass is 343 g/mol. The van der Waals surface area contributed by atoms with Gasteiger partial charge in [0.15, 0.2) is 5.11 Å². The number of nitro groups is 1. The molecule has 6 heteroatoms. The van der Waals surface area contributed by atoms with E-state index < -0.39 is 0 Å². The molecule has 0 fully saturated rings. The van der Waals surface area contributed by atoms with Gasteiger partial charge in [0.2, 0.25) is 0 Å². The summed E-state index contributed by atoms with van der Waals surface area (Å²) in [6, 6.07) is 14.6. The van der Waals surface area contributed by atoms with E-state index in [1.54, 1.807) is 12.1 Å². The Hall–Kier alpha value is -2.47. The van der Waals surface area contributed by atoms with Crippen molar-refractivity contribution in [3.63, 3.8) is 0 Å².